The molecule has 0 aromatic heterocycles. The molecule has 0 aliphatic rings. The monoisotopic (exact) mass is 231 g/mol. The van der Waals surface area contributed by atoms with Crippen LogP contribution in [0.3, 0.4) is 0 Å². The Morgan fingerprint density at radius 3 is 2.65 bits per heavy atom. The average molecular weight is 231 g/mol. The first-order valence-electron chi connectivity index (χ1n) is 5.42. The summed E-state index contributed by atoms with van der Waals surface area (Å²) < 4.78 is 18.7. The topological polar surface area (TPSA) is 35.2 Å². The van der Waals surface area contributed by atoms with Gasteiger partial charge in [0, 0.05) is 18.2 Å². The summed E-state index contributed by atoms with van der Waals surface area (Å²) in [4.78, 5) is 0. The molecule has 88 valence electrons. The van der Waals surface area contributed by atoms with Crippen LogP contribution in [-0.2, 0) is 6.54 Å². The minimum absolute atomic E-state index is 0.314. The number of ether oxygens (including phenoxy) is 1. The molecule has 0 bridgehead atoms. The van der Waals surface area contributed by atoms with Gasteiger partial charge in [-0.3, -0.25) is 0 Å². The van der Waals surface area contributed by atoms with Gasteiger partial charge < -0.3 is 10.5 Å². The number of aryl methyl sites for hydroxylation is 1. The van der Waals surface area contributed by atoms with Gasteiger partial charge in [0.1, 0.15) is 17.3 Å². The Kier molecular flexibility index (Phi) is 3.40. The molecule has 17 heavy (non-hydrogen) atoms. The van der Waals surface area contributed by atoms with Crippen LogP contribution in [0.15, 0.2) is 42.5 Å². The molecule has 0 unspecified atom stereocenters. The van der Waals surface area contributed by atoms with E-state index in [1.54, 1.807) is 12.1 Å². The maximum absolute atomic E-state index is 13.0. The third kappa shape index (κ3) is 2.63. The number of hydrogen-bond acceptors (Lipinski definition) is 2. The molecule has 3 heteroatoms. The summed E-state index contributed by atoms with van der Waals surface area (Å²) in [6.45, 7) is 2.33. The highest BCUT2D eigenvalue weighted by Gasteiger charge is 2.07. The van der Waals surface area contributed by atoms with Gasteiger partial charge in [0.05, 0.1) is 0 Å². The third-order valence-electron chi connectivity index (χ3n) is 2.53. The molecule has 0 radical (unpaired) electrons. The smallest absolute Gasteiger partial charge is 0.134 e. The number of benzene rings is 2. The number of halogens is 1. The van der Waals surface area contributed by atoms with E-state index in [1.807, 2.05) is 25.1 Å². The number of para-hydroxylation sites is 1. The molecule has 2 N–H and O–H groups in total. The second kappa shape index (κ2) is 4.97. The Morgan fingerprint density at radius 2 is 1.94 bits per heavy atom. The zero-order chi connectivity index (χ0) is 12.3. The molecule has 0 aliphatic heterocycles. The molecule has 0 heterocycles. The maximum Gasteiger partial charge on any atom is 0.134 e. The summed E-state index contributed by atoms with van der Waals surface area (Å²) in [6, 6.07) is 11.8. The molecule has 0 amide bonds. The fourth-order valence-corrected chi connectivity index (χ4v) is 1.67. The van der Waals surface area contributed by atoms with E-state index in [0.717, 1.165) is 11.1 Å². The van der Waals surface area contributed by atoms with Crippen molar-refractivity contribution in [1.82, 2.24) is 0 Å². The van der Waals surface area contributed by atoms with Crippen LogP contribution in [0.25, 0.3) is 0 Å². The molecule has 2 nitrogen and oxygen atoms in total. The van der Waals surface area contributed by atoms with Crippen LogP contribution in [0, 0.1) is 12.7 Å². The molecule has 0 fully saturated rings. The fraction of sp³-hybridized carbons (Fsp3) is 0.143. The zero-order valence-corrected chi connectivity index (χ0v) is 9.61. The van der Waals surface area contributed by atoms with Gasteiger partial charge >= 0.3 is 0 Å². The second-order valence-corrected chi connectivity index (χ2v) is 3.83. The van der Waals surface area contributed by atoms with E-state index in [-0.39, 0.29) is 5.82 Å². The quantitative estimate of drug-likeness (QED) is 0.878. The van der Waals surface area contributed by atoms with E-state index >= 15 is 0 Å². The Labute approximate surface area is 99.8 Å². The Morgan fingerprint density at radius 1 is 1.18 bits per heavy atom. The van der Waals surface area contributed by atoms with Crippen molar-refractivity contribution < 1.29 is 9.13 Å². The molecular weight excluding hydrogens is 217 g/mol. The predicted molar refractivity (Wildman–Crippen MR) is 65.5 cm³/mol. The van der Waals surface area contributed by atoms with Crippen LogP contribution in [0.2, 0.25) is 0 Å². The molecule has 0 aliphatic carbocycles. The van der Waals surface area contributed by atoms with Gasteiger partial charge in [-0.2, -0.15) is 0 Å². The summed E-state index contributed by atoms with van der Waals surface area (Å²) in [7, 11) is 0. The van der Waals surface area contributed by atoms with E-state index in [4.69, 9.17) is 10.5 Å². The lowest BCUT2D eigenvalue weighted by Gasteiger charge is -2.12. The van der Waals surface area contributed by atoms with E-state index in [1.165, 1.54) is 12.1 Å². The molecule has 2 rings (SSSR count). The van der Waals surface area contributed by atoms with E-state index in [9.17, 15) is 4.39 Å². The van der Waals surface area contributed by atoms with Crippen LogP contribution in [0.4, 0.5) is 4.39 Å². The van der Waals surface area contributed by atoms with Crippen molar-refractivity contribution in [3.05, 3.63) is 59.4 Å². The van der Waals surface area contributed by atoms with Gasteiger partial charge in [-0.15, -0.1) is 0 Å². The maximum atomic E-state index is 13.0. The summed E-state index contributed by atoms with van der Waals surface area (Å²) >= 11 is 0. The van der Waals surface area contributed by atoms with Crippen molar-refractivity contribution in [3.8, 4) is 11.5 Å². The van der Waals surface area contributed by atoms with Crippen molar-refractivity contribution in [2.45, 2.75) is 13.5 Å². The molecule has 0 saturated heterocycles. The zero-order valence-electron chi connectivity index (χ0n) is 9.61. The Hall–Kier alpha value is -1.87. The van der Waals surface area contributed by atoms with Crippen molar-refractivity contribution in [2.75, 3.05) is 0 Å². The molecule has 0 spiro atoms. The normalized spacial score (nSPS) is 10.3. The summed E-state index contributed by atoms with van der Waals surface area (Å²) in [5, 5.41) is 0. The largest absolute Gasteiger partial charge is 0.457 e. The van der Waals surface area contributed by atoms with E-state index in [2.05, 4.69) is 0 Å². The second-order valence-electron chi connectivity index (χ2n) is 3.83. The lowest BCUT2D eigenvalue weighted by molar-refractivity contribution is 0.467. The van der Waals surface area contributed by atoms with Crippen LogP contribution in [0.1, 0.15) is 11.1 Å². The first-order chi connectivity index (χ1) is 8.20. The van der Waals surface area contributed by atoms with Gasteiger partial charge in [0.2, 0.25) is 0 Å². The summed E-state index contributed by atoms with van der Waals surface area (Å²) in [5.41, 5.74) is 7.54. The average Bonchev–Trinajstić information content (AvgIpc) is 2.32. The van der Waals surface area contributed by atoms with Crippen molar-refractivity contribution in [3.63, 3.8) is 0 Å². The van der Waals surface area contributed by atoms with Gasteiger partial charge in [0.15, 0.2) is 0 Å². The van der Waals surface area contributed by atoms with Gasteiger partial charge in [-0.05, 0) is 24.6 Å². The van der Waals surface area contributed by atoms with Crippen LogP contribution >= 0.6 is 0 Å². The Bertz CT molecular complexity index is 525. The lowest BCUT2D eigenvalue weighted by Crippen LogP contribution is -2.00. The lowest BCUT2D eigenvalue weighted by atomic mass is 10.1. The SMILES string of the molecule is Cc1cccc(CN)c1Oc1cccc(F)c1. The summed E-state index contributed by atoms with van der Waals surface area (Å²) in [5.74, 6) is 0.875. The molecule has 0 atom stereocenters. The van der Waals surface area contributed by atoms with E-state index < -0.39 is 0 Å². The van der Waals surface area contributed by atoms with E-state index in [0.29, 0.717) is 18.0 Å². The van der Waals surface area contributed by atoms with Crippen molar-refractivity contribution in [2.24, 2.45) is 5.73 Å². The highest BCUT2D eigenvalue weighted by Crippen LogP contribution is 2.28. The van der Waals surface area contributed by atoms with Crippen molar-refractivity contribution in [1.29, 1.82) is 0 Å². The molecule has 2 aromatic carbocycles. The van der Waals surface area contributed by atoms with Gasteiger partial charge in [-0.25, -0.2) is 4.39 Å². The number of nitrogens with two attached hydrogens (primary N) is 1. The first kappa shape index (κ1) is 11.6. The number of hydrogen-bond donors (Lipinski definition) is 1. The predicted octanol–water partition coefficient (Wildman–Crippen LogP) is 3.39. The summed E-state index contributed by atoms with van der Waals surface area (Å²) in [6.07, 6.45) is 0. The standard InChI is InChI=1S/C14H14FNO/c1-10-4-2-5-11(9-16)14(10)17-13-7-3-6-12(15)8-13/h2-8H,9,16H2,1H3. The minimum atomic E-state index is -0.314. The highest BCUT2D eigenvalue weighted by atomic mass is 19.1. The molecule has 2 aromatic rings. The molecule has 0 saturated carbocycles. The third-order valence-corrected chi connectivity index (χ3v) is 2.53. The first-order valence-corrected chi connectivity index (χ1v) is 5.42. The van der Waals surface area contributed by atoms with Gasteiger partial charge in [0.25, 0.3) is 0 Å². The highest BCUT2D eigenvalue weighted by molar-refractivity contribution is 5.43. The fourth-order valence-electron chi connectivity index (χ4n) is 1.67. The molecular formula is C14H14FNO. The Balaban J connectivity index is 2.35. The van der Waals surface area contributed by atoms with Crippen LogP contribution < -0.4 is 10.5 Å². The van der Waals surface area contributed by atoms with Gasteiger partial charge in [-0.1, -0.05) is 24.3 Å². The van der Waals surface area contributed by atoms with Crippen LogP contribution in [0.5, 0.6) is 11.5 Å². The minimum Gasteiger partial charge on any atom is -0.457 e. The van der Waals surface area contributed by atoms with Crippen LogP contribution in [-0.4, -0.2) is 0 Å². The number of rotatable bonds is 3. The van der Waals surface area contributed by atoms with Crippen molar-refractivity contribution >= 4 is 0 Å².